The van der Waals surface area contributed by atoms with E-state index in [-0.39, 0.29) is 68.8 Å². The van der Waals surface area contributed by atoms with Gasteiger partial charge in [-0.05, 0) is 20.8 Å². The Hall–Kier alpha value is 0.951. The number of rotatable bonds is 2. The van der Waals surface area contributed by atoms with E-state index in [1.165, 1.54) is 0 Å². The van der Waals surface area contributed by atoms with Crippen molar-refractivity contribution in [2.45, 2.75) is 50.3 Å². The Morgan fingerprint density at radius 1 is 1.05 bits per heavy atom. The summed E-state index contributed by atoms with van der Waals surface area (Å²) in [6.07, 6.45) is 10.0. The Morgan fingerprint density at radius 3 is 1.55 bits per heavy atom. The summed E-state index contributed by atoms with van der Waals surface area (Å²) in [5, 5.41) is 0. The van der Waals surface area contributed by atoms with Crippen molar-refractivity contribution in [3.8, 4) is 0 Å². The second kappa shape index (κ2) is 20.0. The van der Waals surface area contributed by atoms with Crippen LogP contribution in [0.3, 0.4) is 0 Å². The molecule has 0 amide bonds. The van der Waals surface area contributed by atoms with Gasteiger partial charge in [-0.1, -0.05) is 13.1 Å². The van der Waals surface area contributed by atoms with Crippen molar-refractivity contribution in [1.82, 2.24) is 4.98 Å². The molecule has 22 heavy (non-hydrogen) atoms. The van der Waals surface area contributed by atoms with E-state index in [9.17, 15) is 0 Å². The minimum absolute atomic E-state index is 0. The molecule has 0 aromatic heterocycles. The van der Waals surface area contributed by atoms with E-state index in [0.717, 1.165) is 6.42 Å². The molecule has 0 radical (unpaired) electrons. The standard InChI is InChI=1S/C7H17Cl2NSi.C5H5.5CH3.Ti/c1-7(2,3)10-11(4,5)6(8)9;1-2-4-5-3-1;;;;;;/h6,10H,1-5H3;1-3H,4H2;5*1H3;/q;6*-1;. The molecule has 1 N–H and O–H groups in total. The zero-order valence-corrected chi connectivity index (χ0v) is 20.3. The molecule has 0 unspecified atom stereocenters. The molecule has 5 heteroatoms. The maximum Gasteiger partial charge on any atom is 0.156 e. The van der Waals surface area contributed by atoms with Crippen molar-refractivity contribution < 1.29 is 21.7 Å². The van der Waals surface area contributed by atoms with Crippen LogP contribution in [0.2, 0.25) is 13.1 Å². The van der Waals surface area contributed by atoms with Crippen LogP contribution in [-0.2, 0) is 21.7 Å². The monoisotopic (exact) mass is 401 g/mol. The van der Waals surface area contributed by atoms with Crippen molar-refractivity contribution in [2.24, 2.45) is 0 Å². The molecular weight excluding hydrogens is 365 g/mol. The Kier molecular flexibility index (Phi) is 39.5. The van der Waals surface area contributed by atoms with Gasteiger partial charge in [-0.25, -0.2) is 12.2 Å². The predicted octanol–water partition coefficient (Wildman–Crippen LogP) is 6.48. The maximum absolute atomic E-state index is 5.84. The fraction of sp³-hybridized carbons (Fsp3) is 0.471. The van der Waals surface area contributed by atoms with Gasteiger partial charge in [-0.2, -0.15) is 6.08 Å². The first-order valence-corrected chi connectivity index (χ1v) is 9.39. The van der Waals surface area contributed by atoms with Gasteiger partial charge in [0.15, 0.2) is 8.24 Å². The van der Waals surface area contributed by atoms with Crippen molar-refractivity contribution in [1.29, 1.82) is 0 Å². The van der Waals surface area contributed by atoms with Gasteiger partial charge in [-0.15, -0.1) is 29.6 Å². The van der Waals surface area contributed by atoms with Gasteiger partial charge in [0.1, 0.15) is 4.46 Å². The minimum Gasteiger partial charge on any atom is -0.358 e. The summed E-state index contributed by atoms with van der Waals surface area (Å²) in [7, 11) is -1.64. The Labute approximate surface area is 169 Å². The van der Waals surface area contributed by atoms with Crippen molar-refractivity contribution >= 4 is 31.4 Å². The molecule has 0 saturated carbocycles. The third-order valence-corrected chi connectivity index (χ3v) is 7.59. The second-order valence-corrected chi connectivity index (χ2v) is 11.5. The summed E-state index contributed by atoms with van der Waals surface area (Å²) < 4.78 is -0.248. The number of allylic oxidation sites excluding steroid dienone is 4. The topological polar surface area (TPSA) is 12.0 Å². The van der Waals surface area contributed by atoms with Crippen molar-refractivity contribution in [3.63, 3.8) is 0 Å². The smallest absolute Gasteiger partial charge is 0.156 e. The molecule has 0 aliphatic heterocycles. The molecule has 1 rings (SSSR count). The summed E-state index contributed by atoms with van der Waals surface area (Å²) in [6, 6.07) is 0. The number of nitrogens with one attached hydrogen (secondary N) is 1. The predicted molar refractivity (Wildman–Crippen MR) is 110 cm³/mol. The van der Waals surface area contributed by atoms with Crippen molar-refractivity contribution in [3.05, 3.63) is 61.4 Å². The van der Waals surface area contributed by atoms with Gasteiger partial charge in [0.05, 0.1) is 0 Å². The molecule has 0 atom stereocenters. The summed E-state index contributed by atoms with van der Waals surface area (Å²) in [6.45, 7) is 10.6. The van der Waals surface area contributed by atoms with E-state index < -0.39 is 8.24 Å². The Morgan fingerprint density at radius 2 is 1.45 bits per heavy atom. The van der Waals surface area contributed by atoms with Crippen LogP contribution in [0.4, 0.5) is 0 Å². The van der Waals surface area contributed by atoms with Crippen LogP contribution in [0, 0.1) is 43.2 Å². The molecule has 0 bridgehead atoms. The first-order chi connectivity index (χ1) is 7.15. The summed E-state index contributed by atoms with van der Waals surface area (Å²) >= 11 is 11.7. The summed E-state index contributed by atoms with van der Waals surface area (Å²) in [4.78, 5) is 3.47. The molecule has 1 aliphatic rings. The zero-order chi connectivity index (χ0) is 12.8. The normalized spacial score (nSPS) is 11.1. The molecule has 1 nitrogen and oxygen atoms in total. The third-order valence-electron chi connectivity index (χ3n) is 1.83. The second-order valence-electron chi connectivity index (χ2n) is 5.40. The fourth-order valence-electron chi connectivity index (χ4n) is 1.36. The van der Waals surface area contributed by atoms with Crippen LogP contribution in [0.15, 0.2) is 18.2 Å². The fourth-order valence-corrected chi connectivity index (χ4v) is 3.73. The van der Waals surface area contributed by atoms with Gasteiger partial charge in [0.2, 0.25) is 0 Å². The number of hydrogen-bond acceptors (Lipinski definition) is 1. The van der Waals surface area contributed by atoms with E-state index in [1.54, 1.807) is 0 Å². The maximum atomic E-state index is 5.84. The largest absolute Gasteiger partial charge is 0.358 e. The first-order valence-electron chi connectivity index (χ1n) is 5.44. The average Bonchev–Trinajstić information content (AvgIpc) is 2.54. The molecule has 0 aromatic rings. The third kappa shape index (κ3) is 25.9. The summed E-state index contributed by atoms with van der Waals surface area (Å²) in [5.74, 6) is 0. The number of halogens is 2. The quantitative estimate of drug-likeness (QED) is 0.317. The van der Waals surface area contributed by atoms with Crippen LogP contribution in [0.5, 0.6) is 0 Å². The molecule has 0 aromatic carbocycles. The molecule has 0 fully saturated rings. The van der Waals surface area contributed by atoms with Gasteiger partial charge < -0.3 is 42.1 Å². The molecule has 0 saturated heterocycles. The zero-order valence-electron chi connectivity index (χ0n) is 16.3. The molecular formula is C17H37Cl2NSiTi-6. The van der Waals surface area contributed by atoms with E-state index in [0.29, 0.717) is 0 Å². The van der Waals surface area contributed by atoms with Crippen LogP contribution < -0.4 is 4.98 Å². The Bertz CT molecular complexity index is 250. The molecule has 0 heterocycles. The van der Waals surface area contributed by atoms with Gasteiger partial charge in [0, 0.05) is 27.3 Å². The van der Waals surface area contributed by atoms with E-state index in [1.807, 2.05) is 12.2 Å². The number of hydrogen-bond donors (Lipinski definition) is 1. The Balaban J connectivity index is -0.0000000361. The minimum atomic E-state index is -1.64. The van der Waals surface area contributed by atoms with Gasteiger partial charge in [0.25, 0.3) is 0 Å². The van der Waals surface area contributed by atoms with E-state index in [4.69, 9.17) is 23.2 Å². The molecule has 0 spiro atoms. The van der Waals surface area contributed by atoms with E-state index in [2.05, 4.69) is 51.0 Å². The van der Waals surface area contributed by atoms with Crippen LogP contribution in [0.25, 0.3) is 0 Å². The van der Waals surface area contributed by atoms with Gasteiger partial charge >= 0.3 is 0 Å². The molecule has 1 aliphatic carbocycles. The van der Waals surface area contributed by atoms with Crippen LogP contribution >= 0.6 is 23.2 Å². The first kappa shape index (κ1) is 43.5. The van der Waals surface area contributed by atoms with Crippen molar-refractivity contribution in [2.75, 3.05) is 0 Å². The average molecular weight is 402 g/mol. The SMILES string of the molecule is CC(C)(C)N[Si](C)(C)C(Cl)Cl.[C-]1=CC=CC1.[CH3-].[CH3-].[CH3-].[CH3-].[CH3-].[Ti]. The number of alkyl halides is 2. The van der Waals surface area contributed by atoms with Crippen LogP contribution in [0.1, 0.15) is 27.2 Å². The van der Waals surface area contributed by atoms with Crippen LogP contribution in [-0.4, -0.2) is 18.2 Å². The molecule has 138 valence electrons. The summed E-state index contributed by atoms with van der Waals surface area (Å²) in [5.41, 5.74) is 0.109. The van der Waals surface area contributed by atoms with Gasteiger partial charge in [-0.3, -0.25) is 6.08 Å². The van der Waals surface area contributed by atoms with E-state index >= 15 is 0 Å².